The topological polar surface area (TPSA) is 250 Å². The molecule has 3 aliphatic heterocycles. The van der Waals surface area contributed by atoms with Crippen molar-refractivity contribution in [1.29, 1.82) is 0 Å². The molecule has 4 bridgehead atoms. The molecule has 16 nitrogen and oxygen atoms in total. The second kappa shape index (κ2) is 16.0. The van der Waals surface area contributed by atoms with E-state index in [0.717, 1.165) is 0 Å². The number of benzene rings is 3. The van der Waals surface area contributed by atoms with Crippen LogP contribution in [0.4, 0.5) is 11.4 Å². The number of Topliss-reactive ketones (excluding diaryl/α,β-unsaturated/α-hetero) is 1. The Morgan fingerprint density at radius 3 is 2.34 bits per heavy atom. The minimum atomic E-state index is -2.08. The van der Waals surface area contributed by atoms with Gasteiger partial charge in [0.2, 0.25) is 5.43 Å². The number of hydrogen-bond acceptors (Lipinski definition) is 15. The molecule has 0 saturated heterocycles. The number of esters is 1. The fourth-order valence-corrected chi connectivity index (χ4v) is 7.91. The van der Waals surface area contributed by atoms with E-state index in [0.29, 0.717) is 0 Å². The quantitative estimate of drug-likeness (QED) is 0.0656. The molecule has 1 aliphatic carbocycles. The summed E-state index contributed by atoms with van der Waals surface area (Å²) in [7, 11) is 1.42. The first-order valence-corrected chi connectivity index (χ1v) is 19.1. The summed E-state index contributed by atoms with van der Waals surface area (Å²) in [4.78, 5) is 59.8. The zero-order valence-electron chi connectivity index (χ0n) is 34.1. The number of aromatic hydroxyl groups is 2. The largest absolute Gasteiger partial charge is 0.507 e. The van der Waals surface area contributed by atoms with Crippen molar-refractivity contribution in [3.8, 4) is 28.7 Å². The summed E-state index contributed by atoms with van der Waals surface area (Å²) in [6, 6.07) is 2.59. The van der Waals surface area contributed by atoms with Crippen LogP contribution in [0.1, 0.15) is 64.4 Å². The smallest absolute Gasteiger partial charge is 0.312 e. The van der Waals surface area contributed by atoms with Gasteiger partial charge in [-0.25, -0.2) is 4.98 Å². The van der Waals surface area contributed by atoms with Gasteiger partial charge in [0.15, 0.2) is 11.3 Å². The van der Waals surface area contributed by atoms with Crippen LogP contribution in [0.5, 0.6) is 17.2 Å². The van der Waals surface area contributed by atoms with E-state index in [1.807, 2.05) is 0 Å². The molecule has 314 valence electrons. The molecule has 2 aromatic rings. The van der Waals surface area contributed by atoms with Gasteiger partial charge in [0.1, 0.15) is 40.3 Å². The van der Waals surface area contributed by atoms with Crippen LogP contribution in [0.15, 0.2) is 57.5 Å². The lowest BCUT2D eigenvalue weighted by molar-refractivity contribution is -0.160. The van der Waals surface area contributed by atoms with Crippen molar-refractivity contribution in [1.82, 2.24) is 4.98 Å². The van der Waals surface area contributed by atoms with Crippen molar-refractivity contribution >= 4 is 50.9 Å². The molecule has 1 amide bonds. The molecule has 0 fully saturated rings. The Balaban J connectivity index is 1.60. The van der Waals surface area contributed by atoms with Gasteiger partial charge in [-0.3, -0.25) is 19.2 Å². The number of ether oxygens (including phenoxy) is 4. The summed E-state index contributed by atoms with van der Waals surface area (Å²) in [5.41, 5.74) is 4.36. The van der Waals surface area contributed by atoms with E-state index in [1.165, 1.54) is 65.4 Å². The number of aromatic nitrogens is 1. The molecule has 4 aliphatic rings. The molecule has 9 atom stereocenters. The molecule has 7 N–H and O–H groups in total. The van der Waals surface area contributed by atoms with Crippen molar-refractivity contribution in [2.45, 2.75) is 85.6 Å². The van der Waals surface area contributed by atoms with Gasteiger partial charge in [0, 0.05) is 79.0 Å². The highest BCUT2D eigenvalue weighted by Crippen LogP contribution is 2.51. The van der Waals surface area contributed by atoms with Crippen molar-refractivity contribution in [2.24, 2.45) is 23.7 Å². The van der Waals surface area contributed by atoms with E-state index < -0.39 is 88.4 Å². The van der Waals surface area contributed by atoms with E-state index in [1.54, 1.807) is 39.8 Å². The molecule has 0 unspecified atom stereocenters. The van der Waals surface area contributed by atoms with Crippen molar-refractivity contribution in [2.75, 3.05) is 18.2 Å². The third kappa shape index (κ3) is 7.47. The standard InChI is InChI=1S/C43H49N3O13/c1-17-11-10-12-18(2)42(54)46-33-37(52)29-28(32-40(33)58-27-16-24(44)15-25(48)31(27)45-32)30-39(22(6)36(29)51)59-43(8,41(30)53)56-14-13-26(55-9)19(3)38(57-23(7)47)21(5)35(50)20(4)34(17)49/h10-17,19-21,26,34-35,38,48-51H,44H2,1-9H3,(H,46,54)/b11-10+,14-13+,18-12-/t17-,19+,20+,21+,26-,34-,35+,38+,43-/m0/s1. The Bertz CT molecular complexity index is 2490. The number of rotatable bonds is 2. The number of allylic oxidation sites excluding steroid dienone is 2. The minimum Gasteiger partial charge on any atom is -0.507 e. The maximum atomic E-state index is 14.6. The molecule has 6 rings (SSSR count). The number of nitrogens with two attached hydrogens (primary N) is 1. The van der Waals surface area contributed by atoms with E-state index in [-0.39, 0.29) is 67.2 Å². The number of carbonyl (C=O) groups is 3. The van der Waals surface area contributed by atoms with Gasteiger partial charge in [0.25, 0.3) is 11.7 Å². The van der Waals surface area contributed by atoms with Gasteiger partial charge in [-0.05, 0) is 19.9 Å². The summed E-state index contributed by atoms with van der Waals surface area (Å²) >= 11 is 0. The van der Waals surface area contributed by atoms with Gasteiger partial charge in [0.05, 0.1) is 35.5 Å². The van der Waals surface area contributed by atoms with Crippen molar-refractivity contribution < 1.29 is 58.2 Å². The van der Waals surface area contributed by atoms with E-state index in [9.17, 15) is 39.6 Å². The van der Waals surface area contributed by atoms with Crippen LogP contribution in [0, 0.1) is 30.6 Å². The summed E-state index contributed by atoms with van der Waals surface area (Å²) in [6.07, 6.45) is 3.35. The first-order valence-electron chi connectivity index (χ1n) is 19.1. The van der Waals surface area contributed by atoms with Gasteiger partial charge >= 0.3 is 11.8 Å². The second-order valence-electron chi connectivity index (χ2n) is 15.6. The lowest BCUT2D eigenvalue weighted by Gasteiger charge is -2.38. The van der Waals surface area contributed by atoms with Gasteiger partial charge in [-0.1, -0.05) is 45.9 Å². The van der Waals surface area contributed by atoms with E-state index in [4.69, 9.17) is 29.1 Å². The number of phenols is 2. The molecule has 3 heterocycles. The molecule has 0 spiro atoms. The summed E-state index contributed by atoms with van der Waals surface area (Å²) in [5.74, 6) is -8.13. The first-order chi connectivity index (χ1) is 27.7. The molecule has 16 heteroatoms. The number of aliphatic hydroxyl groups is 2. The molecular formula is C43H49N3O13. The number of nitrogens with zero attached hydrogens (tertiary/aromatic N) is 1. The second-order valence-corrected chi connectivity index (χ2v) is 15.6. The van der Waals surface area contributed by atoms with Crippen LogP contribution in [-0.4, -0.2) is 80.4 Å². The fraction of sp³-hybridized carbons (Fsp3) is 0.419. The van der Waals surface area contributed by atoms with E-state index in [2.05, 4.69) is 10.3 Å². The maximum Gasteiger partial charge on any atom is 0.312 e. The monoisotopic (exact) mass is 815 g/mol. The van der Waals surface area contributed by atoms with E-state index >= 15 is 0 Å². The lowest BCUT2D eigenvalue weighted by Crippen LogP contribution is -2.46. The number of nitrogens with one attached hydrogen (secondary N) is 1. The number of nitrogen functional groups attached to an aromatic ring is 1. The number of ketones is 1. The van der Waals surface area contributed by atoms with Crippen LogP contribution in [-0.2, 0) is 23.8 Å². The van der Waals surface area contributed by atoms with Gasteiger partial charge in [-0.2, -0.15) is 0 Å². The number of amides is 1. The average molecular weight is 816 g/mol. The van der Waals surface area contributed by atoms with Crippen molar-refractivity contribution in [3.05, 3.63) is 69.6 Å². The summed E-state index contributed by atoms with van der Waals surface area (Å²) in [6.45, 7) is 12.4. The van der Waals surface area contributed by atoms with Crippen LogP contribution in [0.25, 0.3) is 33.3 Å². The van der Waals surface area contributed by atoms with Gasteiger partial charge < -0.3 is 54.8 Å². The van der Waals surface area contributed by atoms with Gasteiger partial charge in [-0.15, -0.1) is 0 Å². The number of hydrogen-bond donors (Lipinski definition) is 6. The highest BCUT2D eigenvalue weighted by molar-refractivity contribution is 6.22. The zero-order chi connectivity index (χ0) is 43.4. The normalized spacial score (nSPS) is 30.1. The molecule has 0 radical (unpaired) electrons. The maximum absolute atomic E-state index is 14.6. The Morgan fingerprint density at radius 1 is 0.983 bits per heavy atom. The molecule has 59 heavy (non-hydrogen) atoms. The number of anilines is 2. The highest BCUT2D eigenvalue weighted by Gasteiger charge is 2.50. The third-order valence-corrected chi connectivity index (χ3v) is 11.4. The Kier molecular flexibility index (Phi) is 11.6. The Hall–Kier alpha value is -5.97. The number of methoxy groups -OCH3 is 1. The molecule has 0 saturated carbocycles. The molecule has 0 aromatic heterocycles. The van der Waals surface area contributed by atoms with Crippen LogP contribution >= 0.6 is 0 Å². The molecule has 2 aromatic carbocycles. The fourth-order valence-electron chi connectivity index (χ4n) is 7.91. The van der Waals surface area contributed by atoms with Crippen LogP contribution < -0.4 is 21.2 Å². The molecular weight excluding hydrogens is 766 g/mol. The third-order valence-electron chi connectivity index (χ3n) is 11.4. The summed E-state index contributed by atoms with van der Waals surface area (Å²) < 4.78 is 29.8. The number of fused-ring (bicyclic) bond motifs is 2. The van der Waals surface area contributed by atoms with Crippen LogP contribution in [0.3, 0.4) is 0 Å². The van der Waals surface area contributed by atoms with Crippen LogP contribution in [0.2, 0.25) is 0 Å². The lowest BCUT2D eigenvalue weighted by atomic mass is 9.78. The Labute approximate surface area is 339 Å². The predicted molar refractivity (Wildman–Crippen MR) is 217 cm³/mol. The number of aliphatic hydroxyl groups excluding tert-OH is 2. The first kappa shape index (κ1) is 42.6. The SMILES string of the molecule is CO[C@H]1/C=C/O[C@@]2(C)Oc3c(C)c(O)c4c(=O)c(c5oc6cc(N)cc(O)c6nc-5c4c3C2=O)NC(=O)/C(C)=C\C=C\[C@H](C)[C@H](O)[C@@H](C)[C@@H](O)[C@@H](C)[C@H](OC(C)=O)[C@@H]1C. The zero-order valence-corrected chi connectivity index (χ0v) is 34.1. The predicted octanol–water partition coefficient (Wildman–Crippen LogP) is 5.24. The Morgan fingerprint density at radius 2 is 1.68 bits per heavy atom. The average Bonchev–Trinajstić information content (AvgIpc) is 3.45. The summed E-state index contributed by atoms with van der Waals surface area (Å²) in [5, 5.41) is 47.4. The van der Waals surface area contributed by atoms with Crippen molar-refractivity contribution in [3.63, 3.8) is 0 Å². The highest BCUT2D eigenvalue weighted by atomic mass is 16.7. The number of phenolic OH excluding ortho intramolecular Hbond substituents is 2. The minimum absolute atomic E-state index is 0.0108. The number of carbonyl (C=O) groups excluding carboxylic acids is 3.